The van der Waals surface area contributed by atoms with E-state index in [0.29, 0.717) is 0 Å². The van der Waals surface area contributed by atoms with Crippen LogP contribution in [0.3, 0.4) is 0 Å². The Hall–Kier alpha value is -0.780. The largest absolute Gasteiger partial charge is 0.337 e. The predicted molar refractivity (Wildman–Crippen MR) is 39.7 cm³/mol. The minimum Gasteiger partial charge on any atom is -0.337 e. The van der Waals surface area contributed by atoms with Crippen molar-refractivity contribution >= 4 is 15.9 Å². The minimum atomic E-state index is -3.11. The second-order valence-corrected chi connectivity index (χ2v) is 2.85. The van der Waals surface area contributed by atoms with Crippen LogP contribution < -0.4 is 5.43 Å². The van der Waals surface area contributed by atoms with Gasteiger partial charge in [-0.3, -0.25) is 4.79 Å². The highest BCUT2D eigenvalue weighted by molar-refractivity contribution is 9.10. The molecule has 1 rings (SSSR count). The van der Waals surface area contributed by atoms with Crippen LogP contribution in [0.1, 0.15) is 12.0 Å². The van der Waals surface area contributed by atoms with Crippen molar-refractivity contribution in [2.45, 2.75) is 6.43 Å². The summed E-state index contributed by atoms with van der Waals surface area (Å²) in [6, 6.07) is 0. The Kier molecular flexibility index (Phi) is 2.56. The summed E-state index contributed by atoms with van der Waals surface area (Å²) in [7, 11) is 0. The van der Waals surface area contributed by atoms with E-state index in [1.807, 2.05) is 4.98 Å². The lowest BCUT2D eigenvalue weighted by atomic mass is 10.3. The second-order valence-electron chi connectivity index (χ2n) is 1.99. The first kappa shape index (κ1) is 9.31. The first-order valence-corrected chi connectivity index (χ1v) is 3.68. The van der Waals surface area contributed by atoms with Crippen molar-refractivity contribution in [2.75, 3.05) is 0 Å². The Morgan fingerprint density at radius 2 is 2.08 bits per heavy atom. The van der Waals surface area contributed by atoms with E-state index in [-0.39, 0.29) is 4.47 Å². The zero-order chi connectivity index (χ0) is 9.30. The number of aromatic nitrogens is 1. The normalized spacial score (nSPS) is 10.8. The van der Waals surface area contributed by atoms with Crippen molar-refractivity contribution in [1.82, 2.24) is 4.98 Å². The van der Waals surface area contributed by atoms with E-state index in [1.54, 1.807) is 0 Å². The number of nitrogens with one attached hydrogen (secondary N) is 1. The third-order valence-corrected chi connectivity index (χ3v) is 1.83. The Labute approximate surface area is 73.5 Å². The van der Waals surface area contributed by atoms with Crippen LogP contribution in [0.4, 0.5) is 13.2 Å². The molecule has 0 aliphatic rings. The molecule has 0 atom stereocenters. The molecule has 0 aliphatic carbocycles. The molecular formula is C6H3BrF3NO. The summed E-state index contributed by atoms with van der Waals surface area (Å²) in [4.78, 5) is 12.7. The smallest absolute Gasteiger partial charge is 0.272 e. The van der Waals surface area contributed by atoms with Gasteiger partial charge in [-0.1, -0.05) is 0 Å². The number of rotatable bonds is 1. The van der Waals surface area contributed by atoms with Crippen LogP contribution in [0, 0.1) is 5.95 Å². The van der Waals surface area contributed by atoms with Gasteiger partial charge in [0.05, 0.1) is 4.47 Å². The maximum Gasteiger partial charge on any atom is 0.272 e. The van der Waals surface area contributed by atoms with Gasteiger partial charge in [-0.15, -0.1) is 0 Å². The number of pyridine rings is 1. The van der Waals surface area contributed by atoms with E-state index in [4.69, 9.17) is 0 Å². The van der Waals surface area contributed by atoms with Crippen LogP contribution in [-0.4, -0.2) is 4.98 Å². The zero-order valence-corrected chi connectivity index (χ0v) is 7.16. The molecule has 6 heteroatoms. The number of hydrogen-bond donors (Lipinski definition) is 1. The fraction of sp³-hybridized carbons (Fsp3) is 0.167. The lowest BCUT2D eigenvalue weighted by Crippen LogP contribution is -2.14. The molecule has 66 valence electrons. The minimum absolute atomic E-state index is 0.112. The van der Waals surface area contributed by atoms with Gasteiger partial charge in [-0.25, -0.2) is 8.78 Å². The molecule has 0 aromatic carbocycles. The van der Waals surface area contributed by atoms with Crippen molar-refractivity contribution in [1.29, 1.82) is 0 Å². The fourth-order valence-corrected chi connectivity index (χ4v) is 1.02. The van der Waals surface area contributed by atoms with Crippen LogP contribution in [-0.2, 0) is 0 Å². The molecule has 0 aliphatic heterocycles. The van der Waals surface area contributed by atoms with E-state index in [9.17, 15) is 18.0 Å². The first-order chi connectivity index (χ1) is 5.54. The first-order valence-electron chi connectivity index (χ1n) is 2.88. The molecule has 0 fully saturated rings. The molecule has 0 unspecified atom stereocenters. The summed E-state index contributed by atoms with van der Waals surface area (Å²) < 4.78 is 36.4. The second kappa shape index (κ2) is 3.30. The lowest BCUT2D eigenvalue weighted by Gasteiger charge is -2.00. The predicted octanol–water partition coefficient (Wildman–Crippen LogP) is 2.21. The van der Waals surface area contributed by atoms with Crippen LogP contribution in [0.2, 0.25) is 0 Å². The maximum atomic E-state index is 12.5. The average Bonchev–Trinajstić information content (AvgIpc) is 1.97. The summed E-state index contributed by atoms with van der Waals surface area (Å²) >= 11 is 2.70. The molecule has 0 saturated heterocycles. The van der Waals surface area contributed by atoms with Gasteiger partial charge in [0.2, 0.25) is 11.4 Å². The molecule has 0 spiro atoms. The fourth-order valence-electron chi connectivity index (χ4n) is 0.693. The molecule has 12 heavy (non-hydrogen) atoms. The van der Waals surface area contributed by atoms with Gasteiger partial charge in [0.25, 0.3) is 6.43 Å². The highest BCUT2D eigenvalue weighted by Gasteiger charge is 2.19. The Morgan fingerprint density at radius 3 is 2.50 bits per heavy atom. The van der Waals surface area contributed by atoms with Crippen molar-refractivity contribution in [3.05, 3.63) is 32.4 Å². The average molecular weight is 242 g/mol. The molecule has 1 N–H and O–H groups in total. The topological polar surface area (TPSA) is 32.9 Å². The van der Waals surface area contributed by atoms with Crippen LogP contribution in [0.25, 0.3) is 0 Å². The van der Waals surface area contributed by atoms with Gasteiger partial charge < -0.3 is 4.98 Å². The monoisotopic (exact) mass is 241 g/mol. The Morgan fingerprint density at radius 1 is 1.50 bits per heavy atom. The SMILES string of the molecule is O=c1c(Br)c[nH]c(F)c1C(F)F. The van der Waals surface area contributed by atoms with Gasteiger partial charge in [-0.05, 0) is 15.9 Å². The van der Waals surface area contributed by atoms with Crippen LogP contribution >= 0.6 is 15.9 Å². The van der Waals surface area contributed by atoms with Crippen molar-refractivity contribution in [3.63, 3.8) is 0 Å². The molecule has 2 nitrogen and oxygen atoms in total. The molecule has 0 bridgehead atoms. The summed E-state index contributed by atoms with van der Waals surface area (Å²) in [5, 5.41) is 0. The summed E-state index contributed by atoms with van der Waals surface area (Å²) in [6.45, 7) is 0. The van der Waals surface area contributed by atoms with Gasteiger partial charge in [0.1, 0.15) is 5.56 Å². The summed E-state index contributed by atoms with van der Waals surface area (Å²) in [6.07, 6.45) is -2.13. The lowest BCUT2D eigenvalue weighted by molar-refractivity contribution is 0.143. The zero-order valence-electron chi connectivity index (χ0n) is 5.57. The molecule has 0 radical (unpaired) electrons. The van der Waals surface area contributed by atoms with Gasteiger partial charge in [0.15, 0.2) is 0 Å². The van der Waals surface area contributed by atoms with Gasteiger partial charge in [-0.2, -0.15) is 4.39 Å². The van der Waals surface area contributed by atoms with Gasteiger partial charge >= 0.3 is 0 Å². The van der Waals surface area contributed by atoms with E-state index in [1.165, 1.54) is 0 Å². The van der Waals surface area contributed by atoms with Crippen LogP contribution in [0.15, 0.2) is 15.5 Å². The Bertz CT molecular complexity index is 349. The standard InChI is InChI=1S/C6H3BrF3NO/c7-2-1-11-6(10)3(4(2)12)5(8)9/h1,5H,(H,11,12). The van der Waals surface area contributed by atoms with E-state index < -0.39 is 23.4 Å². The van der Waals surface area contributed by atoms with E-state index in [0.717, 1.165) is 6.20 Å². The van der Waals surface area contributed by atoms with Gasteiger partial charge in [0, 0.05) is 6.20 Å². The van der Waals surface area contributed by atoms with E-state index >= 15 is 0 Å². The summed E-state index contributed by atoms with van der Waals surface area (Å²) in [5.41, 5.74) is -2.16. The Balaban J connectivity index is 3.44. The van der Waals surface area contributed by atoms with Crippen molar-refractivity contribution in [2.24, 2.45) is 0 Å². The molecule has 1 aromatic rings. The van der Waals surface area contributed by atoms with Crippen molar-refractivity contribution < 1.29 is 13.2 Å². The highest BCUT2D eigenvalue weighted by atomic mass is 79.9. The molecular weight excluding hydrogens is 239 g/mol. The highest BCUT2D eigenvalue weighted by Crippen LogP contribution is 2.18. The molecule has 1 aromatic heterocycles. The number of hydrogen-bond acceptors (Lipinski definition) is 1. The number of H-pyrrole nitrogens is 1. The number of halogens is 4. The third-order valence-electron chi connectivity index (χ3n) is 1.24. The quantitative estimate of drug-likeness (QED) is 0.752. The number of aromatic amines is 1. The molecule has 0 amide bonds. The molecule has 0 saturated carbocycles. The summed E-state index contributed by atoms with van der Waals surface area (Å²) in [5.74, 6) is -1.29. The maximum absolute atomic E-state index is 12.5. The van der Waals surface area contributed by atoms with Crippen LogP contribution in [0.5, 0.6) is 0 Å². The number of alkyl halides is 2. The van der Waals surface area contributed by atoms with E-state index in [2.05, 4.69) is 15.9 Å². The third kappa shape index (κ3) is 1.52. The molecule has 1 heterocycles. The van der Waals surface area contributed by atoms with Crippen molar-refractivity contribution in [3.8, 4) is 0 Å².